The molecule has 0 atom stereocenters. The molecule has 8 nitrogen and oxygen atoms in total. The second-order valence-electron chi connectivity index (χ2n) is 5.70. The van der Waals surface area contributed by atoms with Crippen LogP contribution in [-0.2, 0) is 7.05 Å². The van der Waals surface area contributed by atoms with Gasteiger partial charge in [0.2, 0.25) is 5.76 Å². The zero-order valence-corrected chi connectivity index (χ0v) is 15.4. The molecule has 0 aliphatic carbocycles. The van der Waals surface area contributed by atoms with Gasteiger partial charge in [-0.1, -0.05) is 5.16 Å². The molecule has 1 N–H and O–H groups in total. The molecule has 0 saturated carbocycles. The molecule has 27 heavy (non-hydrogen) atoms. The number of benzene rings is 1. The molecule has 4 aromatic rings. The van der Waals surface area contributed by atoms with Gasteiger partial charge >= 0.3 is 0 Å². The molecular weight excluding hydrogens is 366 g/mol. The highest BCUT2D eigenvalue weighted by atomic mass is 32.1. The van der Waals surface area contributed by atoms with Gasteiger partial charge < -0.3 is 9.26 Å². The minimum absolute atomic E-state index is 0.110. The number of ether oxygens (including phenoxy) is 1. The van der Waals surface area contributed by atoms with E-state index in [1.807, 2.05) is 42.9 Å². The number of amides is 1. The summed E-state index contributed by atoms with van der Waals surface area (Å²) in [6.07, 6.45) is 3.58. The van der Waals surface area contributed by atoms with Crippen molar-refractivity contribution in [2.24, 2.45) is 7.05 Å². The molecule has 3 heterocycles. The Bertz CT molecular complexity index is 1080. The fourth-order valence-corrected chi connectivity index (χ4v) is 3.17. The molecule has 136 valence electrons. The van der Waals surface area contributed by atoms with Gasteiger partial charge in [-0.05, 0) is 24.3 Å². The number of aryl methyl sites for hydroxylation is 1. The van der Waals surface area contributed by atoms with E-state index in [4.69, 9.17) is 9.26 Å². The SMILES string of the molecule is COc1ccc(-c2cc(C(=O)Nc3nc(-c4cnn(C)c4)cs3)on2)cc1. The van der Waals surface area contributed by atoms with Crippen LogP contribution in [0.2, 0.25) is 0 Å². The molecule has 9 heteroatoms. The molecule has 0 radical (unpaired) electrons. The van der Waals surface area contributed by atoms with Crippen molar-refractivity contribution in [3.63, 3.8) is 0 Å². The summed E-state index contributed by atoms with van der Waals surface area (Å²) < 4.78 is 12.0. The smallest absolute Gasteiger partial charge is 0.296 e. The van der Waals surface area contributed by atoms with Crippen LogP contribution in [0.15, 0.2) is 52.6 Å². The molecule has 0 spiro atoms. The lowest BCUT2D eigenvalue weighted by Crippen LogP contribution is -2.10. The largest absolute Gasteiger partial charge is 0.497 e. The average molecular weight is 381 g/mol. The third kappa shape index (κ3) is 3.58. The van der Waals surface area contributed by atoms with Crippen LogP contribution in [0.3, 0.4) is 0 Å². The van der Waals surface area contributed by atoms with Gasteiger partial charge in [0.15, 0.2) is 5.13 Å². The van der Waals surface area contributed by atoms with E-state index in [1.165, 1.54) is 11.3 Å². The first-order valence-electron chi connectivity index (χ1n) is 7.99. The lowest BCUT2D eigenvalue weighted by Gasteiger charge is -1.99. The normalized spacial score (nSPS) is 10.7. The molecule has 1 amide bonds. The summed E-state index contributed by atoms with van der Waals surface area (Å²) in [5.74, 6) is 0.446. The quantitative estimate of drug-likeness (QED) is 0.569. The minimum Gasteiger partial charge on any atom is -0.497 e. The van der Waals surface area contributed by atoms with Crippen LogP contribution in [0.4, 0.5) is 5.13 Å². The van der Waals surface area contributed by atoms with E-state index >= 15 is 0 Å². The number of hydrogen-bond donors (Lipinski definition) is 1. The zero-order chi connectivity index (χ0) is 18.8. The Morgan fingerprint density at radius 2 is 2.04 bits per heavy atom. The van der Waals surface area contributed by atoms with Gasteiger partial charge in [0.1, 0.15) is 11.4 Å². The van der Waals surface area contributed by atoms with Gasteiger partial charge in [-0.2, -0.15) is 5.10 Å². The van der Waals surface area contributed by atoms with E-state index in [0.29, 0.717) is 10.8 Å². The summed E-state index contributed by atoms with van der Waals surface area (Å²) in [6.45, 7) is 0. The average Bonchev–Trinajstić information content (AvgIpc) is 3.42. The predicted molar refractivity (Wildman–Crippen MR) is 101 cm³/mol. The molecule has 0 bridgehead atoms. The number of methoxy groups -OCH3 is 1. The Hall–Kier alpha value is -3.46. The van der Waals surface area contributed by atoms with Crippen LogP contribution in [0.1, 0.15) is 10.6 Å². The lowest BCUT2D eigenvalue weighted by molar-refractivity contribution is 0.0988. The lowest BCUT2D eigenvalue weighted by atomic mass is 10.1. The van der Waals surface area contributed by atoms with Crippen molar-refractivity contribution in [1.29, 1.82) is 0 Å². The maximum atomic E-state index is 12.4. The summed E-state index contributed by atoms with van der Waals surface area (Å²) >= 11 is 1.33. The fourth-order valence-electron chi connectivity index (χ4n) is 2.46. The van der Waals surface area contributed by atoms with Crippen LogP contribution >= 0.6 is 11.3 Å². The third-order valence-corrected chi connectivity index (χ3v) is 4.60. The maximum absolute atomic E-state index is 12.4. The second-order valence-corrected chi connectivity index (χ2v) is 6.56. The van der Waals surface area contributed by atoms with Gasteiger partial charge in [0, 0.05) is 35.8 Å². The van der Waals surface area contributed by atoms with Crippen molar-refractivity contribution < 1.29 is 14.1 Å². The molecule has 0 saturated heterocycles. The standard InChI is InChI=1S/C18H15N5O3S/c1-23-9-12(8-19-23)15-10-27-18(20-15)21-17(24)16-7-14(22-26-16)11-3-5-13(25-2)6-4-11/h3-10H,1-2H3,(H,20,21,24). The molecular formula is C18H15N5O3S. The van der Waals surface area contributed by atoms with E-state index in [9.17, 15) is 4.79 Å². The Kier molecular flexibility index (Phi) is 4.43. The van der Waals surface area contributed by atoms with Crippen molar-refractivity contribution in [3.8, 4) is 28.3 Å². The Labute approximate surface area is 158 Å². The molecule has 0 unspecified atom stereocenters. The van der Waals surface area contributed by atoms with Crippen molar-refractivity contribution in [2.75, 3.05) is 12.4 Å². The highest BCUT2D eigenvalue weighted by molar-refractivity contribution is 7.14. The summed E-state index contributed by atoms with van der Waals surface area (Å²) in [5, 5.41) is 13.1. The third-order valence-electron chi connectivity index (χ3n) is 3.85. The van der Waals surface area contributed by atoms with Crippen molar-refractivity contribution >= 4 is 22.4 Å². The number of carbonyl (C=O) groups excluding carboxylic acids is 1. The van der Waals surface area contributed by atoms with Gasteiger partial charge in [-0.3, -0.25) is 14.8 Å². The monoisotopic (exact) mass is 381 g/mol. The summed E-state index contributed by atoms with van der Waals surface area (Å²) in [6, 6.07) is 8.92. The number of carbonyl (C=O) groups is 1. The van der Waals surface area contributed by atoms with E-state index in [1.54, 1.807) is 24.1 Å². The van der Waals surface area contributed by atoms with Crippen LogP contribution in [-0.4, -0.2) is 32.9 Å². The highest BCUT2D eigenvalue weighted by Crippen LogP contribution is 2.26. The Morgan fingerprint density at radius 3 is 2.74 bits per heavy atom. The van der Waals surface area contributed by atoms with E-state index in [0.717, 1.165) is 22.6 Å². The number of hydrogen-bond acceptors (Lipinski definition) is 7. The van der Waals surface area contributed by atoms with Crippen LogP contribution in [0.25, 0.3) is 22.5 Å². The number of nitrogens with zero attached hydrogens (tertiary/aromatic N) is 4. The first-order chi connectivity index (χ1) is 13.1. The Morgan fingerprint density at radius 1 is 1.22 bits per heavy atom. The van der Waals surface area contributed by atoms with Crippen LogP contribution < -0.4 is 10.1 Å². The minimum atomic E-state index is -0.408. The first kappa shape index (κ1) is 17.0. The molecule has 1 aromatic carbocycles. The van der Waals surface area contributed by atoms with Gasteiger partial charge in [0.25, 0.3) is 5.91 Å². The molecule has 3 aromatic heterocycles. The van der Waals surface area contributed by atoms with Gasteiger partial charge in [-0.25, -0.2) is 4.98 Å². The number of nitrogens with one attached hydrogen (secondary N) is 1. The molecule has 0 aliphatic heterocycles. The maximum Gasteiger partial charge on any atom is 0.296 e. The fraction of sp³-hybridized carbons (Fsp3) is 0.111. The molecule has 4 rings (SSSR count). The number of rotatable bonds is 5. The predicted octanol–water partition coefficient (Wildman–Crippen LogP) is 3.46. The molecule has 0 aliphatic rings. The van der Waals surface area contributed by atoms with Crippen LogP contribution in [0, 0.1) is 0 Å². The second kappa shape index (κ2) is 7.04. The van der Waals surface area contributed by atoms with E-state index in [-0.39, 0.29) is 5.76 Å². The first-order valence-corrected chi connectivity index (χ1v) is 8.87. The van der Waals surface area contributed by atoms with E-state index < -0.39 is 5.91 Å². The van der Waals surface area contributed by atoms with Crippen molar-refractivity contribution in [2.45, 2.75) is 0 Å². The summed E-state index contributed by atoms with van der Waals surface area (Å²) in [7, 11) is 3.44. The molecule has 0 fully saturated rings. The van der Waals surface area contributed by atoms with Crippen LogP contribution in [0.5, 0.6) is 5.75 Å². The van der Waals surface area contributed by atoms with Crippen molar-refractivity contribution in [1.82, 2.24) is 19.9 Å². The van der Waals surface area contributed by atoms with E-state index in [2.05, 4.69) is 20.6 Å². The Balaban J connectivity index is 1.47. The zero-order valence-electron chi connectivity index (χ0n) is 14.5. The van der Waals surface area contributed by atoms with Gasteiger partial charge in [0.05, 0.1) is 19.0 Å². The summed E-state index contributed by atoms with van der Waals surface area (Å²) in [5.41, 5.74) is 3.03. The number of aromatic nitrogens is 4. The number of thiazole rings is 1. The van der Waals surface area contributed by atoms with Crippen molar-refractivity contribution in [3.05, 3.63) is 53.9 Å². The summed E-state index contributed by atoms with van der Waals surface area (Å²) in [4.78, 5) is 16.8. The number of anilines is 1. The topological polar surface area (TPSA) is 95.1 Å². The highest BCUT2D eigenvalue weighted by Gasteiger charge is 2.16. The van der Waals surface area contributed by atoms with Gasteiger partial charge in [-0.15, -0.1) is 11.3 Å².